The molecule has 0 bridgehead atoms. The highest BCUT2D eigenvalue weighted by atomic mass is 16.2. The minimum absolute atomic E-state index is 0.0330. The number of hydrogen-bond donors (Lipinski definition) is 2. The molecule has 1 saturated carbocycles. The summed E-state index contributed by atoms with van der Waals surface area (Å²) in [5, 5.41) is 2.84. The molecule has 0 aromatic rings. The van der Waals surface area contributed by atoms with Crippen LogP contribution in [0.25, 0.3) is 0 Å². The summed E-state index contributed by atoms with van der Waals surface area (Å²) >= 11 is 0. The maximum atomic E-state index is 10.9. The predicted octanol–water partition coefficient (Wildman–Crippen LogP) is -0.142. The second-order valence-corrected chi connectivity index (χ2v) is 3.12. The van der Waals surface area contributed by atoms with Gasteiger partial charge in [-0.05, 0) is 19.3 Å². The van der Waals surface area contributed by atoms with E-state index in [9.17, 15) is 4.79 Å². The van der Waals surface area contributed by atoms with Crippen LogP contribution in [0.5, 0.6) is 0 Å². The lowest BCUT2D eigenvalue weighted by Crippen LogP contribution is -2.39. The molecule has 3 nitrogen and oxygen atoms in total. The van der Waals surface area contributed by atoms with Crippen LogP contribution in [0.3, 0.4) is 0 Å². The minimum Gasteiger partial charge on any atom is -0.352 e. The Bertz CT molecular complexity index is 145. The van der Waals surface area contributed by atoms with E-state index in [1.54, 1.807) is 6.92 Å². The molecule has 3 N–H and O–H groups in total. The van der Waals surface area contributed by atoms with E-state index in [2.05, 4.69) is 12.2 Å². The van der Waals surface area contributed by atoms with E-state index in [-0.39, 0.29) is 11.9 Å². The molecule has 0 saturated heterocycles. The molecule has 0 aromatic carbocycles. The summed E-state index contributed by atoms with van der Waals surface area (Å²) in [5.41, 5.74) is 5.35. The van der Waals surface area contributed by atoms with Crippen molar-refractivity contribution in [2.24, 2.45) is 11.7 Å². The normalized spacial score (nSPS) is 33.1. The van der Waals surface area contributed by atoms with Crippen molar-refractivity contribution in [2.45, 2.75) is 32.4 Å². The van der Waals surface area contributed by atoms with Crippen molar-refractivity contribution in [1.82, 2.24) is 5.32 Å². The lowest BCUT2D eigenvalue weighted by molar-refractivity contribution is -0.122. The fourth-order valence-corrected chi connectivity index (χ4v) is 0.837. The fraction of sp³-hybridized carbons (Fsp3) is 0.857. The molecule has 1 rings (SSSR count). The number of rotatable bonds is 2. The summed E-state index contributed by atoms with van der Waals surface area (Å²) in [6.07, 6.45) is 1.11. The minimum atomic E-state index is -0.368. The van der Waals surface area contributed by atoms with Gasteiger partial charge < -0.3 is 11.1 Å². The third-order valence-electron chi connectivity index (χ3n) is 1.85. The lowest BCUT2D eigenvalue weighted by atomic mass is 10.3. The molecule has 3 heteroatoms. The number of carbonyl (C=O) groups is 1. The summed E-state index contributed by atoms with van der Waals surface area (Å²) in [6.45, 7) is 3.81. The molecule has 0 aromatic heterocycles. The van der Waals surface area contributed by atoms with Crippen molar-refractivity contribution in [1.29, 1.82) is 0 Å². The Balaban J connectivity index is 2.20. The summed E-state index contributed by atoms with van der Waals surface area (Å²) < 4.78 is 0. The van der Waals surface area contributed by atoms with Gasteiger partial charge in [0.15, 0.2) is 0 Å². The van der Waals surface area contributed by atoms with E-state index in [1.165, 1.54) is 0 Å². The summed E-state index contributed by atoms with van der Waals surface area (Å²) in [6, 6.07) is 0.0336. The average Bonchev–Trinajstić information content (AvgIpc) is 2.46. The van der Waals surface area contributed by atoms with Gasteiger partial charge in [-0.1, -0.05) is 6.92 Å². The largest absolute Gasteiger partial charge is 0.352 e. The van der Waals surface area contributed by atoms with Gasteiger partial charge >= 0.3 is 0 Å². The van der Waals surface area contributed by atoms with Crippen molar-refractivity contribution in [3.8, 4) is 0 Å². The van der Waals surface area contributed by atoms with Gasteiger partial charge in [-0.3, -0.25) is 4.79 Å². The number of amides is 1. The first-order valence-electron chi connectivity index (χ1n) is 3.67. The molecule has 0 aliphatic heterocycles. The van der Waals surface area contributed by atoms with E-state index in [4.69, 9.17) is 5.73 Å². The molecular weight excluding hydrogens is 128 g/mol. The van der Waals surface area contributed by atoms with Gasteiger partial charge in [0.1, 0.15) is 0 Å². The molecule has 58 valence electrons. The summed E-state index contributed by atoms with van der Waals surface area (Å²) in [4.78, 5) is 10.9. The molecule has 3 atom stereocenters. The monoisotopic (exact) mass is 142 g/mol. The van der Waals surface area contributed by atoms with Crippen LogP contribution < -0.4 is 11.1 Å². The molecule has 0 radical (unpaired) electrons. The number of hydrogen-bond acceptors (Lipinski definition) is 2. The fourth-order valence-electron chi connectivity index (χ4n) is 0.837. The SMILES string of the molecule is CC(N)C(=O)NC1CC1C. The highest BCUT2D eigenvalue weighted by Crippen LogP contribution is 2.28. The van der Waals surface area contributed by atoms with Crippen LogP contribution in [0.1, 0.15) is 20.3 Å². The molecule has 0 heterocycles. The lowest BCUT2D eigenvalue weighted by Gasteiger charge is -2.05. The topological polar surface area (TPSA) is 55.1 Å². The molecular formula is C7H14N2O. The summed E-state index contributed by atoms with van der Waals surface area (Å²) in [5.74, 6) is 0.622. The standard InChI is InChI=1S/C7H14N2O/c1-4-3-6(4)9-7(10)5(2)8/h4-6H,3,8H2,1-2H3,(H,9,10). The molecule has 3 unspecified atom stereocenters. The Hall–Kier alpha value is -0.570. The van der Waals surface area contributed by atoms with Crippen LogP contribution in [-0.4, -0.2) is 18.0 Å². The zero-order chi connectivity index (χ0) is 7.72. The van der Waals surface area contributed by atoms with Gasteiger partial charge in [-0.25, -0.2) is 0 Å². The maximum Gasteiger partial charge on any atom is 0.236 e. The third kappa shape index (κ3) is 1.70. The third-order valence-corrected chi connectivity index (χ3v) is 1.85. The van der Waals surface area contributed by atoms with Crippen molar-refractivity contribution < 1.29 is 4.79 Å². The van der Waals surface area contributed by atoms with Gasteiger partial charge in [0.05, 0.1) is 6.04 Å². The Morgan fingerprint density at radius 1 is 1.80 bits per heavy atom. The maximum absolute atomic E-state index is 10.9. The van der Waals surface area contributed by atoms with Crippen LogP contribution in [0.2, 0.25) is 0 Å². The van der Waals surface area contributed by atoms with Crippen LogP contribution in [-0.2, 0) is 4.79 Å². The van der Waals surface area contributed by atoms with E-state index in [1.807, 2.05) is 0 Å². The Labute approximate surface area is 61.0 Å². The van der Waals surface area contributed by atoms with E-state index in [0.29, 0.717) is 12.0 Å². The van der Waals surface area contributed by atoms with E-state index in [0.717, 1.165) is 6.42 Å². The molecule has 10 heavy (non-hydrogen) atoms. The quantitative estimate of drug-likeness (QED) is 0.563. The summed E-state index contributed by atoms with van der Waals surface area (Å²) in [7, 11) is 0. The highest BCUT2D eigenvalue weighted by molar-refractivity contribution is 5.81. The zero-order valence-corrected chi connectivity index (χ0v) is 6.42. The smallest absolute Gasteiger partial charge is 0.236 e. The average molecular weight is 142 g/mol. The van der Waals surface area contributed by atoms with Gasteiger partial charge in [0, 0.05) is 6.04 Å². The van der Waals surface area contributed by atoms with Crippen LogP contribution in [0.15, 0.2) is 0 Å². The Kier molecular flexibility index (Phi) is 1.94. The molecule has 1 aliphatic rings. The Morgan fingerprint density at radius 3 is 2.60 bits per heavy atom. The van der Waals surface area contributed by atoms with Crippen molar-refractivity contribution >= 4 is 5.91 Å². The first-order valence-corrected chi connectivity index (χ1v) is 3.67. The van der Waals surface area contributed by atoms with Crippen molar-refractivity contribution in [3.63, 3.8) is 0 Å². The Morgan fingerprint density at radius 2 is 2.30 bits per heavy atom. The highest BCUT2D eigenvalue weighted by Gasteiger charge is 2.34. The first kappa shape index (κ1) is 7.54. The van der Waals surface area contributed by atoms with Gasteiger partial charge in [0.2, 0.25) is 5.91 Å². The first-order chi connectivity index (χ1) is 4.61. The predicted molar refractivity (Wildman–Crippen MR) is 39.4 cm³/mol. The molecule has 1 fully saturated rings. The second-order valence-electron chi connectivity index (χ2n) is 3.12. The van der Waals surface area contributed by atoms with Gasteiger partial charge in [0.25, 0.3) is 0 Å². The molecule has 1 aliphatic carbocycles. The van der Waals surface area contributed by atoms with Crippen LogP contribution in [0.4, 0.5) is 0 Å². The van der Waals surface area contributed by atoms with Crippen LogP contribution in [0, 0.1) is 5.92 Å². The van der Waals surface area contributed by atoms with E-state index < -0.39 is 0 Å². The van der Waals surface area contributed by atoms with Gasteiger partial charge in [-0.2, -0.15) is 0 Å². The van der Waals surface area contributed by atoms with Crippen molar-refractivity contribution in [2.75, 3.05) is 0 Å². The molecule has 0 spiro atoms. The van der Waals surface area contributed by atoms with Crippen molar-refractivity contribution in [3.05, 3.63) is 0 Å². The number of carbonyl (C=O) groups excluding carboxylic acids is 1. The van der Waals surface area contributed by atoms with E-state index >= 15 is 0 Å². The number of nitrogens with one attached hydrogen (secondary N) is 1. The van der Waals surface area contributed by atoms with Gasteiger partial charge in [-0.15, -0.1) is 0 Å². The second kappa shape index (κ2) is 2.58. The molecule has 1 amide bonds. The zero-order valence-electron chi connectivity index (χ0n) is 6.42. The number of nitrogens with two attached hydrogens (primary N) is 1. The van der Waals surface area contributed by atoms with Crippen LogP contribution >= 0.6 is 0 Å².